The molecule has 0 aliphatic heterocycles. The molecule has 0 radical (unpaired) electrons. The summed E-state index contributed by atoms with van der Waals surface area (Å²) in [5, 5.41) is 2.78. The first kappa shape index (κ1) is 12.6. The van der Waals surface area contributed by atoms with E-state index in [1.165, 1.54) is 6.92 Å². The number of para-hydroxylation sites is 2. The molecule has 1 aromatic heterocycles. The van der Waals surface area contributed by atoms with Gasteiger partial charge in [-0.05, 0) is 12.1 Å². The molecular formula is C13H17N3O2. The first-order valence-corrected chi connectivity index (χ1v) is 5.90. The molecule has 0 saturated heterocycles. The summed E-state index contributed by atoms with van der Waals surface area (Å²) >= 11 is 0. The molecule has 0 aliphatic carbocycles. The average Bonchev–Trinajstić information content (AvgIpc) is 2.71. The van der Waals surface area contributed by atoms with E-state index in [0.717, 1.165) is 23.4 Å². The standard InChI is InChI=1S/C13H17N3O2/c1-10(17)14-9-13-15-11-5-3-4-6-12(11)16(13)7-8-18-2/h3-6H,7-9H2,1-2H3,(H,14,17). The Labute approximate surface area is 106 Å². The number of fused-ring (bicyclic) bond motifs is 1. The van der Waals surface area contributed by atoms with Crippen LogP contribution >= 0.6 is 0 Å². The average molecular weight is 247 g/mol. The molecule has 0 unspecified atom stereocenters. The Balaban J connectivity index is 2.33. The lowest BCUT2D eigenvalue weighted by atomic mass is 10.3. The van der Waals surface area contributed by atoms with Gasteiger partial charge >= 0.3 is 0 Å². The molecule has 0 fully saturated rings. The number of carbonyl (C=O) groups is 1. The lowest BCUT2D eigenvalue weighted by Gasteiger charge is -2.08. The van der Waals surface area contributed by atoms with E-state index in [4.69, 9.17) is 4.74 Å². The summed E-state index contributed by atoms with van der Waals surface area (Å²) < 4.78 is 7.19. The minimum atomic E-state index is -0.0552. The van der Waals surface area contributed by atoms with Gasteiger partial charge in [0.2, 0.25) is 5.91 Å². The van der Waals surface area contributed by atoms with Crippen molar-refractivity contribution in [2.45, 2.75) is 20.0 Å². The Morgan fingerprint density at radius 1 is 1.44 bits per heavy atom. The summed E-state index contributed by atoms with van der Waals surface area (Å²) in [7, 11) is 1.67. The lowest BCUT2D eigenvalue weighted by Crippen LogP contribution is -2.22. The van der Waals surface area contributed by atoms with Gasteiger partial charge in [-0.15, -0.1) is 0 Å². The third kappa shape index (κ3) is 2.68. The van der Waals surface area contributed by atoms with Crippen LogP contribution in [0.4, 0.5) is 0 Å². The molecule has 5 heteroatoms. The van der Waals surface area contributed by atoms with Crippen molar-refractivity contribution in [1.29, 1.82) is 0 Å². The summed E-state index contributed by atoms with van der Waals surface area (Å²) in [6.07, 6.45) is 0. The maximum atomic E-state index is 11.0. The third-order valence-corrected chi connectivity index (χ3v) is 2.75. The molecule has 0 saturated carbocycles. The van der Waals surface area contributed by atoms with Crippen molar-refractivity contribution in [1.82, 2.24) is 14.9 Å². The number of nitrogens with zero attached hydrogens (tertiary/aromatic N) is 2. The van der Waals surface area contributed by atoms with Crippen molar-refractivity contribution < 1.29 is 9.53 Å². The van der Waals surface area contributed by atoms with Gasteiger partial charge in [0.15, 0.2) is 0 Å². The second kappa shape index (κ2) is 5.64. The third-order valence-electron chi connectivity index (χ3n) is 2.75. The number of imidazole rings is 1. The number of ether oxygens (including phenoxy) is 1. The number of benzene rings is 1. The Hall–Kier alpha value is -1.88. The van der Waals surface area contributed by atoms with Gasteiger partial charge in [-0.25, -0.2) is 4.98 Å². The molecule has 96 valence electrons. The van der Waals surface area contributed by atoms with Gasteiger partial charge in [-0.3, -0.25) is 4.79 Å². The molecule has 2 rings (SSSR count). The maximum Gasteiger partial charge on any atom is 0.217 e. The zero-order chi connectivity index (χ0) is 13.0. The van der Waals surface area contributed by atoms with Gasteiger partial charge in [0, 0.05) is 20.6 Å². The molecule has 1 heterocycles. The van der Waals surface area contributed by atoms with Crippen LogP contribution in [0.3, 0.4) is 0 Å². The first-order chi connectivity index (χ1) is 8.72. The van der Waals surface area contributed by atoms with Gasteiger partial charge < -0.3 is 14.6 Å². The highest BCUT2D eigenvalue weighted by atomic mass is 16.5. The van der Waals surface area contributed by atoms with Crippen molar-refractivity contribution in [3.63, 3.8) is 0 Å². The highest BCUT2D eigenvalue weighted by Gasteiger charge is 2.09. The van der Waals surface area contributed by atoms with Gasteiger partial charge in [-0.1, -0.05) is 12.1 Å². The van der Waals surface area contributed by atoms with Crippen LogP contribution in [-0.2, 0) is 22.6 Å². The van der Waals surface area contributed by atoms with Crippen molar-refractivity contribution in [3.8, 4) is 0 Å². The number of nitrogens with one attached hydrogen (secondary N) is 1. The Kier molecular flexibility index (Phi) is 3.94. The van der Waals surface area contributed by atoms with Crippen LogP contribution < -0.4 is 5.32 Å². The van der Waals surface area contributed by atoms with E-state index in [9.17, 15) is 4.79 Å². The number of aromatic nitrogens is 2. The predicted octanol–water partition coefficient (Wildman–Crippen LogP) is 1.32. The largest absolute Gasteiger partial charge is 0.383 e. The molecule has 0 atom stereocenters. The highest BCUT2D eigenvalue weighted by molar-refractivity contribution is 5.76. The fourth-order valence-corrected chi connectivity index (χ4v) is 1.90. The maximum absolute atomic E-state index is 11.0. The molecular weight excluding hydrogens is 230 g/mol. The van der Waals surface area contributed by atoms with Gasteiger partial charge in [0.25, 0.3) is 0 Å². The monoisotopic (exact) mass is 247 g/mol. The quantitative estimate of drug-likeness (QED) is 0.867. The molecule has 0 bridgehead atoms. The summed E-state index contributed by atoms with van der Waals surface area (Å²) in [5.41, 5.74) is 2.00. The Morgan fingerprint density at radius 3 is 2.94 bits per heavy atom. The number of amides is 1. The molecule has 0 aliphatic rings. The van der Waals surface area contributed by atoms with Crippen LogP contribution in [0.25, 0.3) is 11.0 Å². The van der Waals surface area contributed by atoms with Crippen LogP contribution in [0.2, 0.25) is 0 Å². The summed E-state index contributed by atoms with van der Waals surface area (Å²) in [4.78, 5) is 15.5. The zero-order valence-corrected chi connectivity index (χ0v) is 10.6. The number of hydrogen-bond acceptors (Lipinski definition) is 3. The normalized spacial score (nSPS) is 10.8. The zero-order valence-electron chi connectivity index (χ0n) is 10.6. The van der Waals surface area contributed by atoms with E-state index >= 15 is 0 Å². The van der Waals surface area contributed by atoms with E-state index in [1.807, 2.05) is 24.3 Å². The van der Waals surface area contributed by atoms with Crippen molar-refractivity contribution in [3.05, 3.63) is 30.1 Å². The molecule has 0 spiro atoms. The van der Waals surface area contributed by atoms with Crippen molar-refractivity contribution in [2.75, 3.05) is 13.7 Å². The van der Waals surface area contributed by atoms with Crippen LogP contribution in [0, 0.1) is 0 Å². The Bertz CT molecular complexity index is 548. The second-order valence-corrected chi connectivity index (χ2v) is 4.07. The minimum Gasteiger partial charge on any atom is -0.383 e. The van der Waals surface area contributed by atoms with Crippen LogP contribution in [0.15, 0.2) is 24.3 Å². The fourth-order valence-electron chi connectivity index (χ4n) is 1.90. The lowest BCUT2D eigenvalue weighted by molar-refractivity contribution is -0.119. The van der Waals surface area contributed by atoms with Crippen molar-refractivity contribution in [2.24, 2.45) is 0 Å². The summed E-state index contributed by atoms with van der Waals surface area (Å²) in [5.74, 6) is 0.795. The molecule has 2 aromatic rings. The smallest absolute Gasteiger partial charge is 0.217 e. The van der Waals surface area contributed by atoms with Gasteiger partial charge in [0.05, 0.1) is 24.2 Å². The predicted molar refractivity (Wildman–Crippen MR) is 69.1 cm³/mol. The molecule has 5 nitrogen and oxygen atoms in total. The molecule has 18 heavy (non-hydrogen) atoms. The Morgan fingerprint density at radius 2 is 2.22 bits per heavy atom. The van der Waals surface area contributed by atoms with E-state index in [-0.39, 0.29) is 5.91 Å². The van der Waals surface area contributed by atoms with Gasteiger partial charge in [0.1, 0.15) is 5.82 Å². The number of methoxy groups -OCH3 is 1. The minimum absolute atomic E-state index is 0.0552. The van der Waals surface area contributed by atoms with Crippen LogP contribution in [-0.4, -0.2) is 29.2 Å². The summed E-state index contributed by atoms with van der Waals surface area (Å²) in [6.45, 7) is 3.29. The van der Waals surface area contributed by atoms with E-state index < -0.39 is 0 Å². The summed E-state index contributed by atoms with van der Waals surface area (Å²) in [6, 6.07) is 7.93. The van der Waals surface area contributed by atoms with E-state index in [1.54, 1.807) is 7.11 Å². The van der Waals surface area contributed by atoms with Gasteiger partial charge in [-0.2, -0.15) is 0 Å². The SMILES string of the molecule is COCCn1c(CNC(C)=O)nc2ccccc21. The van der Waals surface area contributed by atoms with E-state index in [0.29, 0.717) is 13.2 Å². The topological polar surface area (TPSA) is 56.1 Å². The first-order valence-electron chi connectivity index (χ1n) is 5.90. The van der Waals surface area contributed by atoms with Crippen LogP contribution in [0.1, 0.15) is 12.7 Å². The van der Waals surface area contributed by atoms with Crippen LogP contribution in [0.5, 0.6) is 0 Å². The van der Waals surface area contributed by atoms with Crippen molar-refractivity contribution >= 4 is 16.9 Å². The van der Waals surface area contributed by atoms with E-state index in [2.05, 4.69) is 14.9 Å². The molecule has 1 N–H and O–H groups in total. The highest BCUT2D eigenvalue weighted by Crippen LogP contribution is 2.15. The number of rotatable bonds is 5. The molecule has 1 amide bonds. The number of hydrogen-bond donors (Lipinski definition) is 1. The second-order valence-electron chi connectivity index (χ2n) is 4.07. The number of carbonyl (C=O) groups excluding carboxylic acids is 1. The fraction of sp³-hybridized carbons (Fsp3) is 0.385. The molecule has 1 aromatic carbocycles.